The van der Waals surface area contributed by atoms with Crippen molar-refractivity contribution >= 4 is 112 Å². The van der Waals surface area contributed by atoms with Crippen LogP contribution < -0.4 is 60.3 Å². The summed E-state index contributed by atoms with van der Waals surface area (Å²) >= 11 is 14.7. The molecule has 10 heterocycles. The van der Waals surface area contributed by atoms with E-state index in [9.17, 15) is 0 Å². The standard InChI is InChI=1S/C18H23NOS.C17H19NO2S.C17H21NOS.C16H16ClNO2S.C16H17NO3.C16H17NO2S/c1-19-12-11-17(18-10-5-13-21-18)20-16-9-4-7-14-6-2-3-8-15(14)16;1-12-6-7-16(21-12)14(8-10-18-2)20-15-5-3-4-13-9-11-19-17(13)15;1-18-11-10-16(17-9-4-12-20-17)19-15-8-3-6-13-5-2-7-14(13)15;1-18-9-7-12(14-5-6-15(17)21-14)20-13-4-2-3-11-8-10-19-16(11)13;1-17-9-7-14(13-6-3-10-18-13)20-15-5-2-4-12-8-11-19-16(12)15;1-17-9-7-15(16-6-3-11-20-16)19-14-5-2-4-13-12(14)8-10-18-13/h4-5,7,9-10,13,17,19H,2-3,6,8,11-12H2,1H3;3-7,9,11,14,18H,8,10H2,1-2H3;3-4,6,8-9,12,16,18H,2,5,7,10-11H2,1H3;2-6,8,10,12,18H,7,9H2,1H3;2-6,8,10-11,14,17H,7,9H2,1H3;2-6,8,10-11,15,17H,7,9H2,1H3. The maximum absolute atomic E-state index is 6.43. The van der Waals surface area contributed by atoms with Crippen molar-refractivity contribution in [1.82, 2.24) is 31.9 Å². The number of fused-ring (bicyclic) bond motifs is 6. The average molecular weight is 1770 g/mol. The van der Waals surface area contributed by atoms with Gasteiger partial charge in [0.1, 0.15) is 59.1 Å². The molecule has 0 fully saturated rings. The lowest BCUT2D eigenvalue weighted by Crippen LogP contribution is -2.16. The van der Waals surface area contributed by atoms with Crippen LogP contribution in [0, 0.1) is 6.92 Å². The molecule has 0 radical (unpaired) electrons. The molecule has 123 heavy (non-hydrogen) atoms. The van der Waals surface area contributed by atoms with Crippen molar-refractivity contribution in [2.45, 2.75) is 127 Å². The van der Waals surface area contributed by atoms with Crippen LogP contribution in [0.15, 0.2) is 276 Å². The van der Waals surface area contributed by atoms with Gasteiger partial charge in [0.05, 0.1) is 41.0 Å². The van der Waals surface area contributed by atoms with Crippen LogP contribution in [-0.2, 0) is 25.7 Å². The summed E-state index contributed by atoms with van der Waals surface area (Å²) in [5, 5.41) is 29.7. The fraction of sp³-hybridized carbons (Fsp3) is 0.320. The summed E-state index contributed by atoms with van der Waals surface area (Å²) in [5.41, 5.74) is 9.07. The lowest BCUT2D eigenvalue weighted by Gasteiger charge is -2.23. The Morgan fingerprint density at radius 1 is 0.317 bits per heavy atom. The minimum absolute atomic E-state index is 0.0364. The molecular weight excluding hydrogens is 1660 g/mol. The largest absolute Gasteiger partial charge is 0.485 e. The third kappa shape index (κ3) is 25.9. The van der Waals surface area contributed by atoms with Crippen molar-refractivity contribution in [3.8, 4) is 34.5 Å². The fourth-order valence-electron chi connectivity index (χ4n) is 14.9. The van der Waals surface area contributed by atoms with Gasteiger partial charge in [-0.05, 0) is 293 Å². The molecule has 10 aromatic heterocycles. The first-order chi connectivity index (χ1) is 60.6. The molecule has 6 aromatic carbocycles. The van der Waals surface area contributed by atoms with Crippen LogP contribution in [0.25, 0.3) is 43.9 Å². The van der Waals surface area contributed by atoms with Crippen LogP contribution in [0.3, 0.4) is 0 Å². The Hall–Kier alpha value is -9.89. The van der Waals surface area contributed by atoms with Gasteiger partial charge in [0.15, 0.2) is 40.1 Å². The number of aryl methyl sites for hydroxylation is 3. The van der Waals surface area contributed by atoms with E-state index in [4.69, 9.17) is 62.1 Å². The van der Waals surface area contributed by atoms with Crippen molar-refractivity contribution in [1.29, 1.82) is 0 Å². The van der Waals surface area contributed by atoms with E-state index >= 15 is 0 Å². The second-order valence-electron chi connectivity index (χ2n) is 29.9. The number of thiophene rings is 5. The van der Waals surface area contributed by atoms with Crippen molar-refractivity contribution in [2.24, 2.45) is 0 Å². The van der Waals surface area contributed by atoms with Gasteiger partial charge in [-0.1, -0.05) is 96.5 Å². The molecule has 16 aromatic rings. The Morgan fingerprint density at radius 2 is 0.699 bits per heavy atom. The van der Waals surface area contributed by atoms with E-state index in [1.807, 2.05) is 164 Å². The van der Waals surface area contributed by atoms with Crippen molar-refractivity contribution < 1.29 is 50.5 Å². The highest BCUT2D eigenvalue weighted by Crippen LogP contribution is 2.42. The van der Waals surface area contributed by atoms with Crippen LogP contribution >= 0.6 is 68.3 Å². The number of ether oxygens (including phenoxy) is 6. The molecular formula is C100H113ClN6O11S5. The minimum Gasteiger partial charge on any atom is -0.485 e. The van der Waals surface area contributed by atoms with Crippen LogP contribution in [0.4, 0.5) is 0 Å². The zero-order valence-corrected chi connectivity index (χ0v) is 75.9. The van der Waals surface area contributed by atoms with Crippen LogP contribution in [0.1, 0.15) is 152 Å². The monoisotopic (exact) mass is 1770 g/mol. The van der Waals surface area contributed by atoms with E-state index in [1.54, 1.807) is 88.0 Å². The predicted octanol–water partition coefficient (Wildman–Crippen LogP) is 25.7. The van der Waals surface area contributed by atoms with Crippen LogP contribution in [0.2, 0.25) is 4.34 Å². The molecule has 2 aliphatic rings. The minimum atomic E-state index is -0.131. The summed E-state index contributed by atoms with van der Waals surface area (Å²) in [7, 11) is 11.8. The quantitative estimate of drug-likeness (QED) is 0.0217. The Kier molecular flexibility index (Phi) is 35.7. The number of para-hydroxylation sites is 3. The zero-order valence-electron chi connectivity index (χ0n) is 71.1. The molecule has 646 valence electrons. The summed E-state index contributed by atoms with van der Waals surface area (Å²) in [4.78, 5) is 7.57. The van der Waals surface area contributed by atoms with E-state index < -0.39 is 0 Å². The summed E-state index contributed by atoms with van der Waals surface area (Å²) in [6.45, 7) is 7.61. The van der Waals surface area contributed by atoms with E-state index in [1.165, 1.54) is 78.7 Å². The maximum atomic E-state index is 6.43. The molecule has 0 aliphatic heterocycles. The molecule has 6 unspecified atom stereocenters. The molecule has 0 spiro atoms. The molecule has 0 amide bonds. The number of hydrogen-bond acceptors (Lipinski definition) is 22. The summed E-state index contributed by atoms with van der Waals surface area (Å²) < 4.78 is 65.9. The number of hydrogen-bond donors (Lipinski definition) is 6. The SMILES string of the molecule is CNCCC(Oc1cccc2c1CCC2)c1cccs1.CNCCC(Oc1cccc2c1CCCC2)c1cccs1.CNCCC(Oc1cccc2ccoc12)c1ccc(C)s1.CNCCC(Oc1cccc2ccoc12)c1ccc(Cl)s1.CNCCC(Oc1cccc2ccoc12)c1ccco1.CNCCC(Oc1cccc2occc12)c1cccs1. The number of rotatable bonds is 36. The first-order valence-electron chi connectivity index (χ1n) is 42.5. The second kappa shape index (κ2) is 48.4. The fourth-order valence-corrected chi connectivity index (χ4v) is 19.4. The van der Waals surface area contributed by atoms with Gasteiger partial charge in [0, 0.05) is 83.9 Å². The van der Waals surface area contributed by atoms with Gasteiger partial charge in [-0.2, -0.15) is 0 Å². The second-order valence-corrected chi connectivity index (χ2v) is 35.9. The lowest BCUT2D eigenvalue weighted by molar-refractivity contribution is 0.167. The summed E-state index contributed by atoms with van der Waals surface area (Å²) in [6, 6.07) is 69.3. The highest BCUT2D eigenvalue weighted by atomic mass is 35.5. The van der Waals surface area contributed by atoms with Crippen molar-refractivity contribution in [3.63, 3.8) is 0 Å². The van der Waals surface area contributed by atoms with Crippen molar-refractivity contribution in [3.05, 3.63) is 315 Å². The summed E-state index contributed by atoms with van der Waals surface area (Å²) in [6.07, 6.45) is 22.8. The normalized spacial score (nSPS) is 13.5. The predicted molar refractivity (Wildman–Crippen MR) is 508 cm³/mol. The number of benzene rings is 6. The van der Waals surface area contributed by atoms with Gasteiger partial charge >= 0.3 is 0 Å². The lowest BCUT2D eigenvalue weighted by atomic mass is 9.91. The van der Waals surface area contributed by atoms with E-state index in [0.29, 0.717) is 0 Å². The van der Waals surface area contributed by atoms with Gasteiger partial charge in [-0.25, -0.2) is 0 Å². The first-order valence-corrected chi connectivity index (χ1v) is 47.1. The maximum Gasteiger partial charge on any atom is 0.175 e. The molecule has 2 aliphatic carbocycles. The number of furan rings is 5. The zero-order chi connectivity index (χ0) is 85.2. The Labute approximate surface area is 747 Å². The smallest absolute Gasteiger partial charge is 0.175 e. The van der Waals surface area contributed by atoms with E-state index in [2.05, 4.69) is 140 Å². The third-order valence-corrected chi connectivity index (χ3v) is 26.5. The molecule has 0 saturated heterocycles. The Bertz CT molecular complexity index is 5410. The van der Waals surface area contributed by atoms with Gasteiger partial charge < -0.3 is 82.4 Å². The molecule has 6 N–H and O–H groups in total. The van der Waals surface area contributed by atoms with Gasteiger partial charge in [0.2, 0.25) is 0 Å². The summed E-state index contributed by atoms with van der Waals surface area (Å²) in [5.74, 6) is 6.21. The highest BCUT2D eigenvalue weighted by molar-refractivity contribution is 7.16. The van der Waals surface area contributed by atoms with Gasteiger partial charge in [-0.3, -0.25) is 0 Å². The number of nitrogens with one attached hydrogen (secondary N) is 6. The average Bonchev–Trinajstić information content (AvgIpc) is 1.82. The number of halogens is 1. The Balaban J connectivity index is 0.000000127. The van der Waals surface area contributed by atoms with Crippen LogP contribution in [-0.4, -0.2) is 81.6 Å². The Morgan fingerprint density at radius 3 is 1.13 bits per heavy atom. The van der Waals surface area contributed by atoms with Gasteiger partial charge in [-0.15, -0.1) is 56.7 Å². The third-order valence-electron chi connectivity index (χ3n) is 21.2. The van der Waals surface area contributed by atoms with Crippen LogP contribution in [0.5, 0.6) is 34.5 Å². The van der Waals surface area contributed by atoms with E-state index in [-0.39, 0.29) is 36.6 Å². The molecule has 18 rings (SSSR count). The first kappa shape index (κ1) is 90.8. The molecule has 6 atom stereocenters. The van der Waals surface area contributed by atoms with Crippen molar-refractivity contribution in [2.75, 3.05) is 81.6 Å². The molecule has 0 saturated carbocycles. The molecule has 0 bridgehead atoms. The topological polar surface area (TPSA) is 193 Å². The van der Waals surface area contributed by atoms with Gasteiger partial charge in [0.25, 0.3) is 0 Å². The highest BCUT2D eigenvalue weighted by Gasteiger charge is 2.26. The van der Waals surface area contributed by atoms with E-state index in [0.717, 1.165) is 184 Å². The molecule has 23 heteroatoms. The molecule has 17 nitrogen and oxygen atoms in total.